The lowest BCUT2D eigenvalue weighted by molar-refractivity contribution is 0.0254. The lowest BCUT2D eigenvalue weighted by Gasteiger charge is -2.28. The van der Waals surface area contributed by atoms with Crippen molar-refractivity contribution in [1.29, 1.82) is 0 Å². The molecule has 0 aromatic carbocycles. The Morgan fingerprint density at radius 1 is 0.952 bits per heavy atom. The molecule has 2 N–H and O–H groups in total. The molecule has 3 nitrogen and oxygen atoms in total. The van der Waals surface area contributed by atoms with Gasteiger partial charge < -0.3 is 15.3 Å². The third kappa shape index (κ3) is 8.35. The number of rotatable bonds is 13. The van der Waals surface area contributed by atoms with Crippen LogP contribution in [-0.2, 0) is 0 Å². The number of aliphatic hydroxyl groups is 1. The van der Waals surface area contributed by atoms with Gasteiger partial charge in [-0.15, -0.1) is 0 Å². The first-order chi connectivity index (χ1) is 10.3. The van der Waals surface area contributed by atoms with Crippen molar-refractivity contribution in [3.8, 4) is 0 Å². The van der Waals surface area contributed by atoms with Crippen molar-refractivity contribution in [3.63, 3.8) is 0 Å². The van der Waals surface area contributed by atoms with Gasteiger partial charge in [0.05, 0.1) is 0 Å². The Morgan fingerprint density at radius 3 is 2.00 bits per heavy atom. The van der Waals surface area contributed by atoms with Crippen molar-refractivity contribution in [2.75, 3.05) is 0 Å². The van der Waals surface area contributed by atoms with Crippen LogP contribution >= 0.6 is 0 Å². The molecule has 1 aliphatic rings. The highest BCUT2D eigenvalue weighted by atomic mass is 16.3. The van der Waals surface area contributed by atoms with Gasteiger partial charge in [0.1, 0.15) is 12.4 Å². The summed E-state index contributed by atoms with van der Waals surface area (Å²) in [5.74, 6) is 0. The van der Waals surface area contributed by atoms with Gasteiger partial charge in [-0.25, -0.2) is 0 Å². The van der Waals surface area contributed by atoms with E-state index in [1.165, 1.54) is 70.6 Å². The van der Waals surface area contributed by atoms with E-state index in [0.29, 0.717) is 6.17 Å². The second kappa shape index (κ2) is 11.9. The normalized spacial score (nSPS) is 19.0. The molecule has 1 rings (SSSR count). The molecule has 2 unspecified atom stereocenters. The van der Waals surface area contributed by atoms with Crippen LogP contribution in [0.1, 0.15) is 90.9 Å². The minimum atomic E-state index is -0.394. The third-order valence-electron chi connectivity index (χ3n) is 4.41. The molecule has 0 saturated carbocycles. The van der Waals surface area contributed by atoms with Crippen LogP contribution in [-0.4, -0.2) is 22.4 Å². The Balaban J connectivity index is 1.85. The highest BCUT2D eigenvalue weighted by Crippen LogP contribution is 2.16. The van der Waals surface area contributed by atoms with Gasteiger partial charge in [-0.2, -0.15) is 0 Å². The van der Waals surface area contributed by atoms with E-state index in [1.54, 1.807) is 0 Å². The Kier molecular flexibility index (Phi) is 10.4. The molecular weight excluding hydrogens is 260 g/mol. The predicted molar refractivity (Wildman–Crippen MR) is 90.7 cm³/mol. The van der Waals surface area contributed by atoms with Crippen LogP contribution in [0, 0.1) is 0 Å². The lowest BCUT2D eigenvalue weighted by Crippen LogP contribution is -2.40. The molecule has 3 heteroatoms. The van der Waals surface area contributed by atoms with E-state index in [2.05, 4.69) is 12.2 Å². The third-order valence-corrected chi connectivity index (χ3v) is 4.41. The number of hydrogen-bond acceptors (Lipinski definition) is 3. The van der Waals surface area contributed by atoms with Crippen molar-refractivity contribution in [1.82, 2.24) is 10.2 Å². The summed E-state index contributed by atoms with van der Waals surface area (Å²) in [7, 11) is 0. The van der Waals surface area contributed by atoms with Crippen LogP contribution in [0.15, 0.2) is 12.4 Å². The fourth-order valence-corrected chi connectivity index (χ4v) is 3.05. The smallest absolute Gasteiger partial charge is 0.125 e. The van der Waals surface area contributed by atoms with Gasteiger partial charge in [-0.3, -0.25) is 0 Å². The second-order valence-corrected chi connectivity index (χ2v) is 6.40. The first kappa shape index (κ1) is 18.3. The SMILES string of the molecule is CCCCCCCCCCCCCC1NC=CN1C(C)O. The molecule has 2 atom stereocenters. The number of hydrogen-bond donors (Lipinski definition) is 2. The maximum Gasteiger partial charge on any atom is 0.125 e. The van der Waals surface area contributed by atoms with Gasteiger partial charge in [0.2, 0.25) is 0 Å². The van der Waals surface area contributed by atoms with E-state index >= 15 is 0 Å². The summed E-state index contributed by atoms with van der Waals surface area (Å²) in [6, 6.07) is 0. The molecule has 0 aromatic heterocycles. The number of aliphatic hydroxyl groups excluding tert-OH is 1. The molecular formula is C18H36N2O. The standard InChI is InChI=1S/C18H36N2O/c1-3-4-5-6-7-8-9-10-11-12-13-14-18-19-15-16-20(18)17(2)21/h15-19,21H,3-14H2,1-2H3. The average molecular weight is 296 g/mol. The van der Waals surface area contributed by atoms with E-state index in [1.807, 2.05) is 24.2 Å². The second-order valence-electron chi connectivity index (χ2n) is 6.40. The molecule has 0 fully saturated rings. The molecule has 0 saturated heterocycles. The monoisotopic (exact) mass is 296 g/mol. The molecule has 1 heterocycles. The average Bonchev–Trinajstić information content (AvgIpc) is 2.93. The van der Waals surface area contributed by atoms with Crippen molar-refractivity contribution in [3.05, 3.63) is 12.4 Å². The number of unbranched alkanes of at least 4 members (excludes halogenated alkanes) is 10. The predicted octanol–water partition coefficient (Wildman–Crippen LogP) is 4.73. The van der Waals surface area contributed by atoms with Crippen LogP contribution in [0.5, 0.6) is 0 Å². The van der Waals surface area contributed by atoms with E-state index in [9.17, 15) is 5.11 Å². The molecule has 0 aliphatic carbocycles. The molecule has 21 heavy (non-hydrogen) atoms. The first-order valence-electron chi connectivity index (χ1n) is 9.14. The van der Waals surface area contributed by atoms with Gasteiger partial charge in [-0.05, 0) is 19.8 Å². The van der Waals surface area contributed by atoms with Gasteiger partial charge in [0.15, 0.2) is 0 Å². The maximum atomic E-state index is 9.63. The molecule has 1 aliphatic heterocycles. The fraction of sp³-hybridized carbons (Fsp3) is 0.889. The lowest BCUT2D eigenvalue weighted by atomic mass is 10.0. The topological polar surface area (TPSA) is 35.5 Å². The molecule has 0 bridgehead atoms. The maximum absolute atomic E-state index is 9.63. The van der Waals surface area contributed by atoms with Crippen LogP contribution in [0.4, 0.5) is 0 Å². The Morgan fingerprint density at radius 2 is 1.48 bits per heavy atom. The molecule has 124 valence electrons. The van der Waals surface area contributed by atoms with Gasteiger partial charge in [0.25, 0.3) is 0 Å². The summed E-state index contributed by atoms with van der Waals surface area (Å²) in [5, 5.41) is 12.9. The van der Waals surface area contributed by atoms with E-state index < -0.39 is 6.23 Å². The molecule has 0 aromatic rings. The first-order valence-corrected chi connectivity index (χ1v) is 9.14. The molecule has 0 amide bonds. The highest BCUT2D eigenvalue weighted by molar-refractivity contribution is 4.94. The largest absolute Gasteiger partial charge is 0.374 e. The van der Waals surface area contributed by atoms with Crippen molar-refractivity contribution in [2.45, 2.75) is 103 Å². The van der Waals surface area contributed by atoms with Crippen molar-refractivity contribution < 1.29 is 5.11 Å². The minimum Gasteiger partial charge on any atom is -0.374 e. The summed E-state index contributed by atoms with van der Waals surface area (Å²) in [6.07, 6.45) is 20.1. The molecule has 0 radical (unpaired) electrons. The summed E-state index contributed by atoms with van der Waals surface area (Å²) < 4.78 is 0. The summed E-state index contributed by atoms with van der Waals surface area (Å²) in [4.78, 5) is 2.00. The Hall–Kier alpha value is -0.700. The van der Waals surface area contributed by atoms with Gasteiger partial charge >= 0.3 is 0 Å². The van der Waals surface area contributed by atoms with Crippen LogP contribution in [0.3, 0.4) is 0 Å². The summed E-state index contributed by atoms with van der Waals surface area (Å²) in [6.45, 7) is 4.10. The fourth-order valence-electron chi connectivity index (χ4n) is 3.05. The van der Waals surface area contributed by atoms with E-state index in [0.717, 1.165) is 6.42 Å². The zero-order valence-corrected chi connectivity index (χ0v) is 14.2. The van der Waals surface area contributed by atoms with Crippen LogP contribution < -0.4 is 5.32 Å². The summed E-state index contributed by atoms with van der Waals surface area (Å²) >= 11 is 0. The number of nitrogens with one attached hydrogen (secondary N) is 1. The quantitative estimate of drug-likeness (QED) is 0.482. The Labute approximate surface area is 131 Å². The van der Waals surface area contributed by atoms with Gasteiger partial charge in [-0.1, -0.05) is 71.1 Å². The van der Waals surface area contributed by atoms with E-state index in [-0.39, 0.29) is 0 Å². The van der Waals surface area contributed by atoms with E-state index in [4.69, 9.17) is 0 Å². The zero-order chi connectivity index (χ0) is 15.3. The van der Waals surface area contributed by atoms with Crippen LogP contribution in [0.25, 0.3) is 0 Å². The highest BCUT2D eigenvalue weighted by Gasteiger charge is 2.20. The van der Waals surface area contributed by atoms with Crippen molar-refractivity contribution in [2.24, 2.45) is 0 Å². The Bertz CT molecular complexity index is 266. The van der Waals surface area contributed by atoms with Crippen molar-refractivity contribution >= 4 is 0 Å². The minimum absolute atomic E-state index is 0.295. The summed E-state index contributed by atoms with van der Waals surface area (Å²) in [5.41, 5.74) is 0. The zero-order valence-electron chi connectivity index (χ0n) is 14.2. The van der Waals surface area contributed by atoms with Gasteiger partial charge in [0, 0.05) is 12.4 Å². The number of nitrogens with zero attached hydrogens (tertiary/aromatic N) is 1. The van der Waals surface area contributed by atoms with Crippen LogP contribution in [0.2, 0.25) is 0 Å². The molecule has 0 spiro atoms.